The van der Waals surface area contributed by atoms with Gasteiger partial charge in [-0.25, -0.2) is 12.8 Å². The number of anilines is 1. The van der Waals surface area contributed by atoms with Gasteiger partial charge in [0, 0.05) is 5.38 Å². The molecular formula is C11H9FN2O3S2. The molecule has 1 aromatic carbocycles. The maximum absolute atomic E-state index is 13.0. The van der Waals surface area contributed by atoms with Crippen LogP contribution in [-0.2, 0) is 10.0 Å². The van der Waals surface area contributed by atoms with Crippen LogP contribution in [0.1, 0.15) is 9.67 Å². The molecular weight excluding hydrogens is 291 g/mol. The Morgan fingerprint density at radius 3 is 2.63 bits per heavy atom. The van der Waals surface area contributed by atoms with E-state index >= 15 is 0 Å². The number of halogens is 1. The lowest BCUT2D eigenvalue weighted by Crippen LogP contribution is -2.13. The smallest absolute Gasteiger partial charge is 0.262 e. The fourth-order valence-electron chi connectivity index (χ4n) is 1.35. The summed E-state index contributed by atoms with van der Waals surface area (Å²) in [5.41, 5.74) is 5.15. The minimum Gasteiger partial charge on any atom is -0.365 e. The molecule has 0 saturated carbocycles. The number of primary amides is 1. The zero-order valence-electron chi connectivity index (χ0n) is 9.46. The minimum atomic E-state index is -3.86. The van der Waals surface area contributed by atoms with Crippen molar-refractivity contribution in [3.8, 4) is 0 Å². The van der Waals surface area contributed by atoms with Gasteiger partial charge in [0.2, 0.25) is 0 Å². The predicted octanol–water partition coefficient (Wildman–Crippen LogP) is 1.79. The van der Waals surface area contributed by atoms with Crippen molar-refractivity contribution >= 4 is 33.0 Å². The van der Waals surface area contributed by atoms with Crippen LogP contribution in [0.3, 0.4) is 0 Å². The maximum Gasteiger partial charge on any atom is 0.262 e. The number of nitrogens with one attached hydrogen (secondary N) is 1. The molecule has 5 nitrogen and oxygen atoms in total. The first-order valence-corrected chi connectivity index (χ1v) is 7.41. The highest BCUT2D eigenvalue weighted by Crippen LogP contribution is 2.22. The molecule has 0 aliphatic rings. The number of amides is 1. The maximum atomic E-state index is 13.0. The highest BCUT2D eigenvalue weighted by atomic mass is 32.2. The molecule has 3 N–H and O–H groups in total. The Hall–Kier alpha value is -1.93. The lowest BCUT2D eigenvalue weighted by molar-refractivity contribution is 0.100. The van der Waals surface area contributed by atoms with Crippen molar-refractivity contribution in [2.75, 3.05) is 4.72 Å². The van der Waals surface area contributed by atoms with Crippen LogP contribution in [-0.4, -0.2) is 14.3 Å². The minimum absolute atomic E-state index is 0.0874. The Morgan fingerprint density at radius 1 is 1.32 bits per heavy atom. The van der Waals surface area contributed by atoms with Gasteiger partial charge < -0.3 is 5.73 Å². The van der Waals surface area contributed by atoms with Gasteiger partial charge in [-0.05, 0) is 24.3 Å². The highest BCUT2D eigenvalue weighted by Gasteiger charge is 2.18. The molecule has 0 fully saturated rings. The second kappa shape index (κ2) is 4.98. The van der Waals surface area contributed by atoms with Crippen molar-refractivity contribution in [3.05, 3.63) is 46.4 Å². The lowest BCUT2D eigenvalue weighted by atomic mass is 10.3. The molecule has 0 radical (unpaired) electrons. The quantitative estimate of drug-likeness (QED) is 0.902. The topological polar surface area (TPSA) is 89.3 Å². The van der Waals surface area contributed by atoms with Crippen molar-refractivity contribution in [1.29, 1.82) is 0 Å². The van der Waals surface area contributed by atoms with Crippen molar-refractivity contribution in [3.63, 3.8) is 0 Å². The van der Waals surface area contributed by atoms with Crippen molar-refractivity contribution < 1.29 is 17.6 Å². The van der Waals surface area contributed by atoms with Crippen LogP contribution < -0.4 is 10.5 Å². The van der Waals surface area contributed by atoms with Crippen LogP contribution >= 0.6 is 11.3 Å². The Bertz CT molecular complexity index is 725. The number of carbonyl (C=O) groups excluding carboxylic acids is 1. The Morgan fingerprint density at radius 2 is 2.05 bits per heavy atom. The third-order valence-electron chi connectivity index (χ3n) is 2.21. The van der Waals surface area contributed by atoms with Crippen LogP contribution in [0.5, 0.6) is 0 Å². The molecule has 0 aliphatic carbocycles. The van der Waals surface area contributed by atoms with Crippen LogP contribution in [0, 0.1) is 5.82 Å². The summed E-state index contributed by atoms with van der Waals surface area (Å²) in [6.07, 6.45) is 0. The third-order valence-corrected chi connectivity index (χ3v) is 4.66. The average molecular weight is 300 g/mol. The van der Waals surface area contributed by atoms with Gasteiger partial charge >= 0.3 is 0 Å². The standard InChI is InChI=1S/C11H9FN2O3S2/c12-7-2-1-3-8(4-7)14-19(16,17)9-5-10(11(13)15)18-6-9/h1-6,14H,(H2,13,15). The SMILES string of the molecule is NC(=O)c1cc(S(=O)(=O)Nc2cccc(F)c2)cs1. The van der Waals surface area contributed by atoms with Gasteiger partial charge in [-0.3, -0.25) is 9.52 Å². The van der Waals surface area contributed by atoms with Gasteiger partial charge in [0.15, 0.2) is 0 Å². The summed E-state index contributed by atoms with van der Waals surface area (Å²) >= 11 is 0.930. The van der Waals surface area contributed by atoms with Crippen molar-refractivity contribution in [2.45, 2.75) is 4.90 Å². The molecule has 1 amide bonds. The van der Waals surface area contributed by atoms with Gasteiger partial charge in [-0.2, -0.15) is 0 Å². The summed E-state index contributed by atoms with van der Waals surface area (Å²) in [6, 6.07) is 6.23. The number of thiophene rings is 1. The summed E-state index contributed by atoms with van der Waals surface area (Å²) < 4.78 is 39.1. The second-order valence-corrected chi connectivity index (χ2v) is 6.22. The van der Waals surface area contributed by atoms with E-state index in [2.05, 4.69) is 4.72 Å². The molecule has 0 atom stereocenters. The van der Waals surface area contributed by atoms with Crippen molar-refractivity contribution in [1.82, 2.24) is 0 Å². The Labute approximate surface area is 112 Å². The fourth-order valence-corrected chi connectivity index (χ4v) is 3.53. The van der Waals surface area contributed by atoms with Gasteiger partial charge in [-0.15, -0.1) is 11.3 Å². The monoisotopic (exact) mass is 300 g/mol. The number of carbonyl (C=O) groups is 1. The summed E-state index contributed by atoms with van der Waals surface area (Å²) in [6.45, 7) is 0. The van der Waals surface area contributed by atoms with E-state index in [4.69, 9.17) is 5.73 Å². The number of rotatable bonds is 4. The predicted molar refractivity (Wildman–Crippen MR) is 70.0 cm³/mol. The molecule has 0 spiro atoms. The zero-order valence-corrected chi connectivity index (χ0v) is 11.1. The van der Waals surface area contributed by atoms with Crippen LogP contribution in [0.25, 0.3) is 0 Å². The fraction of sp³-hybridized carbons (Fsp3) is 0. The average Bonchev–Trinajstić information content (AvgIpc) is 2.78. The molecule has 8 heteroatoms. The first-order valence-electron chi connectivity index (χ1n) is 5.05. The van der Waals surface area contributed by atoms with Crippen LogP contribution in [0.4, 0.5) is 10.1 Å². The van der Waals surface area contributed by atoms with E-state index in [1.807, 2.05) is 0 Å². The molecule has 0 bridgehead atoms. The van der Waals surface area contributed by atoms with E-state index in [1.54, 1.807) is 0 Å². The van der Waals surface area contributed by atoms with Gasteiger partial charge in [-0.1, -0.05) is 6.07 Å². The van der Waals surface area contributed by atoms with E-state index in [0.717, 1.165) is 17.4 Å². The van der Waals surface area contributed by atoms with E-state index in [0.29, 0.717) is 0 Å². The number of sulfonamides is 1. The van der Waals surface area contributed by atoms with E-state index < -0.39 is 21.7 Å². The van der Waals surface area contributed by atoms with E-state index in [-0.39, 0.29) is 15.5 Å². The Kier molecular flexibility index (Phi) is 3.54. The molecule has 2 aromatic rings. The lowest BCUT2D eigenvalue weighted by Gasteiger charge is -2.05. The summed E-state index contributed by atoms with van der Waals surface area (Å²) in [7, 11) is -3.86. The first kappa shape index (κ1) is 13.5. The second-order valence-electron chi connectivity index (χ2n) is 3.63. The summed E-state index contributed by atoms with van der Waals surface area (Å²) in [5, 5.41) is 1.29. The Balaban J connectivity index is 2.29. The number of hydrogen-bond donors (Lipinski definition) is 2. The highest BCUT2D eigenvalue weighted by molar-refractivity contribution is 7.92. The molecule has 1 aromatic heterocycles. The van der Waals surface area contributed by atoms with Gasteiger partial charge in [0.25, 0.3) is 15.9 Å². The largest absolute Gasteiger partial charge is 0.365 e. The molecule has 100 valence electrons. The molecule has 2 rings (SSSR count). The number of nitrogens with two attached hydrogens (primary N) is 1. The molecule has 1 heterocycles. The zero-order chi connectivity index (χ0) is 14.0. The number of benzene rings is 1. The van der Waals surface area contributed by atoms with E-state index in [9.17, 15) is 17.6 Å². The molecule has 0 saturated heterocycles. The third kappa shape index (κ3) is 3.09. The normalized spacial score (nSPS) is 11.2. The summed E-state index contributed by atoms with van der Waals surface area (Å²) in [5.74, 6) is -1.25. The van der Waals surface area contributed by atoms with Crippen molar-refractivity contribution in [2.24, 2.45) is 5.73 Å². The van der Waals surface area contributed by atoms with E-state index in [1.165, 1.54) is 29.6 Å². The molecule has 0 aliphatic heterocycles. The molecule has 0 unspecified atom stereocenters. The van der Waals surface area contributed by atoms with Crippen LogP contribution in [0.2, 0.25) is 0 Å². The van der Waals surface area contributed by atoms with Gasteiger partial charge in [0.05, 0.1) is 15.5 Å². The molecule has 19 heavy (non-hydrogen) atoms. The summed E-state index contributed by atoms with van der Waals surface area (Å²) in [4.78, 5) is 11.0. The van der Waals surface area contributed by atoms with Crippen LogP contribution in [0.15, 0.2) is 40.6 Å². The number of hydrogen-bond acceptors (Lipinski definition) is 4. The van der Waals surface area contributed by atoms with Gasteiger partial charge in [0.1, 0.15) is 5.82 Å². The first-order chi connectivity index (χ1) is 8.88.